The lowest BCUT2D eigenvalue weighted by Gasteiger charge is -2.26. The molecule has 3 heteroatoms. The SMILES string of the molecule is COc1ccccc1C1CCCN1CCCCCO. The average molecular weight is 263 g/mol. The molecule has 1 atom stereocenters. The van der Waals surface area contributed by atoms with Gasteiger partial charge in [-0.15, -0.1) is 0 Å². The first kappa shape index (κ1) is 14.4. The quantitative estimate of drug-likeness (QED) is 0.768. The number of hydrogen-bond donors (Lipinski definition) is 1. The van der Waals surface area contributed by atoms with E-state index in [2.05, 4.69) is 23.1 Å². The third-order valence-corrected chi connectivity index (χ3v) is 3.97. The van der Waals surface area contributed by atoms with E-state index in [1.54, 1.807) is 7.11 Å². The molecule has 106 valence electrons. The highest BCUT2D eigenvalue weighted by Crippen LogP contribution is 2.36. The van der Waals surface area contributed by atoms with Crippen LogP contribution in [0.5, 0.6) is 5.75 Å². The van der Waals surface area contributed by atoms with Crippen molar-refractivity contribution in [1.82, 2.24) is 4.90 Å². The number of likely N-dealkylation sites (tertiary alicyclic amines) is 1. The molecule has 0 amide bonds. The molecule has 0 aliphatic carbocycles. The highest BCUT2D eigenvalue weighted by Gasteiger charge is 2.27. The zero-order valence-electron chi connectivity index (χ0n) is 11.8. The van der Waals surface area contributed by atoms with Crippen molar-refractivity contribution in [3.8, 4) is 5.75 Å². The van der Waals surface area contributed by atoms with E-state index < -0.39 is 0 Å². The van der Waals surface area contributed by atoms with Crippen molar-refractivity contribution in [3.63, 3.8) is 0 Å². The number of methoxy groups -OCH3 is 1. The summed E-state index contributed by atoms with van der Waals surface area (Å²) in [6, 6.07) is 8.88. The van der Waals surface area contributed by atoms with Gasteiger partial charge in [-0.05, 0) is 51.3 Å². The van der Waals surface area contributed by atoms with E-state index in [1.807, 2.05) is 6.07 Å². The highest BCUT2D eigenvalue weighted by molar-refractivity contribution is 5.36. The fourth-order valence-corrected chi connectivity index (χ4v) is 2.99. The summed E-state index contributed by atoms with van der Waals surface area (Å²) in [4.78, 5) is 2.56. The van der Waals surface area contributed by atoms with Crippen LogP contribution < -0.4 is 4.74 Å². The first-order chi connectivity index (χ1) is 9.36. The van der Waals surface area contributed by atoms with Gasteiger partial charge in [-0.1, -0.05) is 18.2 Å². The molecule has 19 heavy (non-hydrogen) atoms. The molecule has 1 N–H and O–H groups in total. The maximum atomic E-state index is 8.83. The standard InChI is InChI=1S/C16H25NO2/c1-19-16-10-4-3-8-14(16)15-9-7-12-17(15)11-5-2-6-13-18/h3-4,8,10,15,18H,2,5-7,9,11-13H2,1H3. The second-order valence-electron chi connectivity index (χ2n) is 5.22. The Bertz CT molecular complexity index is 381. The number of rotatable bonds is 7. The Labute approximate surface area is 116 Å². The van der Waals surface area contributed by atoms with Gasteiger partial charge >= 0.3 is 0 Å². The van der Waals surface area contributed by atoms with Crippen molar-refractivity contribution in [2.75, 3.05) is 26.8 Å². The Morgan fingerprint density at radius 2 is 2.11 bits per heavy atom. The van der Waals surface area contributed by atoms with Gasteiger partial charge in [0.2, 0.25) is 0 Å². The molecule has 0 saturated carbocycles. The Hall–Kier alpha value is -1.06. The third kappa shape index (κ3) is 3.71. The van der Waals surface area contributed by atoms with Crippen LogP contribution in [-0.4, -0.2) is 36.8 Å². The van der Waals surface area contributed by atoms with Gasteiger partial charge in [-0.2, -0.15) is 0 Å². The fourth-order valence-electron chi connectivity index (χ4n) is 2.99. The number of aliphatic hydroxyl groups excluding tert-OH is 1. The number of benzene rings is 1. The number of ether oxygens (including phenoxy) is 1. The average Bonchev–Trinajstić information content (AvgIpc) is 2.92. The van der Waals surface area contributed by atoms with Crippen LogP contribution in [0.25, 0.3) is 0 Å². The summed E-state index contributed by atoms with van der Waals surface area (Å²) in [5.41, 5.74) is 1.32. The van der Waals surface area contributed by atoms with E-state index in [9.17, 15) is 0 Å². The van der Waals surface area contributed by atoms with Crippen molar-refractivity contribution in [2.24, 2.45) is 0 Å². The molecule has 1 aromatic rings. The van der Waals surface area contributed by atoms with Crippen molar-refractivity contribution in [1.29, 1.82) is 0 Å². The van der Waals surface area contributed by atoms with Gasteiger partial charge in [0.05, 0.1) is 7.11 Å². The molecule has 3 nitrogen and oxygen atoms in total. The van der Waals surface area contributed by atoms with Crippen molar-refractivity contribution in [2.45, 2.75) is 38.1 Å². The van der Waals surface area contributed by atoms with Crippen LogP contribution in [0.2, 0.25) is 0 Å². The molecule has 1 heterocycles. The Balaban J connectivity index is 1.97. The number of aliphatic hydroxyl groups is 1. The van der Waals surface area contributed by atoms with Crippen molar-refractivity contribution < 1.29 is 9.84 Å². The normalized spacial score (nSPS) is 19.8. The van der Waals surface area contributed by atoms with Crippen molar-refractivity contribution >= 4 is 0 Å². The minimum absolute atomic E-state index is 0.315. The van der Waals surface area contributed by atoms with Gasteiger partial charge in [-0.25, -0.2) is 0 Å². The van der Waals surface area contributed by atoms with Gasteiger partial charge < -0.3 is 9.84 Å². The first-order valence-corrected chi connectivity index (χ1v) is 7.34. The van der Waals surface area contributed by atoms with Crippen LogP contribution in [0.1, 0.15) is 43.7 Å². The van der Waals surface area contributed by atoms with Crippen LogP contribution in [0.3, 0.4) is 0 Å². The fraction of sp³-hybridized carbons (Fsp3) is 0.625. The van der Waals surface area contributed by atoms with Crippen LogP contribution in [0.4, 0.5) is 0 Å². The van der Waals surface area contributed by atoms with Gasteiger partial charge in [-0.3, -0.25) is 4.90 Å². The molecular weight excluding hydrogens is 238 g/mol. The molecule has 0 spiro atoms. The topological polar surface area (TPSA) is 32.7 Å². The van der Waals surface area contributed by atoms with E-state index in [0.717, 1.165) is 25.1 Å². The van der Waals surface area contributed by atoms with Gasteiger partial charge in [0.15, 0.2) is 0 Å². The predicted molar refractivity (Wildman–Crippen MR) is 77.5 cm³/mol. The zero-order valence-corrected chi connectivity index (χ0v) is 11.8. The Kier molecular flexibility index (Phi) is 5.67. The van der Waals surface area contributed by atoms with E-state index in [0.29, 0.717) is 12.6 Å². The second kappa shape index (κ2) is 7.51. The molecule has 1 aliphatic heterocycles. The molecule has 1 fully saturated rings. The minimum atomic E-state index is 0.315. The summed E-state index contributed by atoms with van der Waals surface area (Å²) in [6.45, 7) is 2.63. The predicted octanol–water partition coefficient (Wildman–Crippen LogP) is 2.99. The van der Waals surface area contributed by atoms with Crippen molar-refractivity contribution in [3.05, 3.63) is 29.8 Å². The van der Waals surface area contributed by atoms with Crippen LogP contribution in [0.15, 0.2) is 24.3 Å². The molecule has 1 aromatic carbocycles. The van der Waals surface area contributed by atoms with E-state index in [4.69, 9.17) is 9.84 Å². The summed E-state index contributed by atoms with van der Waals surface area (Å²) >= 11 is 0. The number of unbranched alkanes of at least 4 members (excludes halogenated alkanes) is 2. The second-order valence-corrected chi connectivity index (χ2v) is 5.22. The van der Waals surface area contributed by atoms with E-state index >= 15 is 0 Å². The van der Waals surface area contributed by atoms with Crippen LogP contribution in [0, 0.1) is 0 Å². The maximum absolute atomic E-state index is 8.83. The van der Waals surface area contributed by atoms with E-state index in [1.165, 1.54) is 31.4 Å². The van der Waals surface area contributed by atoms with Gasteiger partial charge in [0, 0.05) is 18.2 Å². The summed E-state index contributed by atoms with van der Waals surface area (Å²) in [7, 11) is 1.75. The Morgan fingerprint density at radius 3 is 2.89 bits per heavy atom. The zero-order chi connectivity index (χ0) is 13.5. The van der Waals surface area contributed by atoms with Crippen LogP contribution in [-0.2, 0) is 0 Å². The number of hydrogen-bond acceptors (Lipinski definition) is 3. The smallest absolute Gasteiger partial charge is 0.123 e. The molecule has 0 aromatic heterocycles. The summed E-state index contributed by atoms with van der Waals surface area (Å²) < 4.78 is 5.49. The highest BCUT2D eigenvalue weighted by atomic mass is 16.5. The molecule has 1 aliphatic rings. The molecular formula is C16H25NO2. The summed E-state index contributed by atoms with van der Waals surface area (Å²) in [5, 5.41) is 8.83. The molecule has 1 saturated heterocycles. The number of para-hydroxylation sites is 1. The van der Waals surface area contributed by atoms with E-state index in [-0.39, 0.29) is 0 Å². The third-order valence-electron chi connectivity index (χ3n) is 3.97. The Morgan fingerprint density at radius 1 is 1.26 bits per heavy atom. The van der Waals surface area contributed by atoms with Gasteiger partial charge in [0.1, 0.15) is 5.75 Å². The molecule has 0 radical (unpaired) electrons. The summed E-state index contributed by atoms with van der Waals surface area (Å²) in [5.74, 6) is 1.01. The van der Waals surface area contributed by atoms with Gasteiger partial charge in [0.25, 0.3) is 0 Å². The monoisotopic (exact) mass is 263 g/mol. The largest absolute Gasteiger partial charge is 0.496 e. The lowest BCUT2D eigenvalue weighted by atomic mass is 10.0. The lowest BCUT2D eigenvalue weighted by Crippen LogP contribution is -2.24. The van der Waals surface area contributed by atoms with Crippen LogP contribution >= 0.6 is 0 Å². The minimum Gasteiger partial charge on any atom is -0.496 e. The first-order valence-electron chi connectivity index (χ1n) is 7.34. The molecule has 0 bridgehead atoms. The maximum Gasteiger partial charge on any atom is 0.123 e. The number of nitrogens with zero attached hydrogens (tertiary/aromatic N) is 1. The molecule has 1 unspecified atom stereocenters. The summed E-state index contributed by atoms with van der Waals surface area (Å²) in [6.07, 6.45) is 5.70. The molecule has 2 rings (SSSR count). The lowest BCUT2D eigenvalue weighted by molar-refractivity contribution is 0.237.